The van der Waals surface area contributed by atoms with E-state index >= 15 is 0 Å². The zero-order chi connectivity index (χ0) is 13.5. The van der Waals surface area contributed by atoms with Gasteiger partial charge >= 0.3 is 5.97 Å². The number of rotatable bonds is 6. The molecule has 0 fully saturated rings. The number of nitrogens with zero attached hydrogens (tertiary/aromatic N) is 1. The number of hydrogen-bond donors (Lipinski definition) is 2. The summed E-state index contributed by atoms with van der Waals surface area (Å²) in [6.45, 7) is 3.93. The molecule has 6 nitrogen and oxygen atoms in total. The van der Waals surface area contributed by atoms with Crippen molar-refractivity contribution in [1.29, 1.82) is 0 Å². The smallest absolute Gasteiger partial charge is 0.337 e. The van der Waals surface area contributed by atoms with Gasteiger partial charge in [-0.1, -0.05) is 0 Å². The molecule has 0 aliphatic carbocycles. The third kappa shape index (κ3) is 4.82. The average Bonchev–Trinajstić information content (AvgIpc) is 2.28. The average molecular weight is 252 g/mol. The molecule has 1 rings (SSSR count). The molecule has 0 aliphatic rings. The Hall–Kier alpha value is -2.11. The Labute approximate surface area is 105 Å². The number of nitrogens with one attached hydrogen (secondary N) is 1. The van der Waals surface area contributed by atoms with Crippen molar-refractivity contribution in [2.45, 2.75) is 26.3 Å². The lowest BCUT2D eigenvalue weighted by Crippen LogP contribution is -2.31. The van der Waals surface area contributed by atoms with Crippen molar-refractivity contribution in [2.24, 2.45) is 0 Å². The summed E-state index contributed by atoms with van der Waals surface area (Å²) in [6.07, 6.45) is 2.86. The fraction of sp³-hybridized carbons (Fsp3) is 0.417. The van der Waals surface area contributed by atoms with Crippen LogP contribution in [0, 0.1) is 0 Å². The largest absolute Gasteiger partial charge is 0.491 e. The number of carboxylic acid groups (broad SMARTS) is 1. The molecule has 1 heterocycles. The monoisotopic (exact) mass is 252 g/mol. The molecule has 2 N–H and O–H groups in total. The van der Waals surface area contributed by atoms with E-state index in [9.17, 15) is 9.59 Å². The van der Waals surface area contributed by atoms with E-state index in [1.807, 2.05) is 13.8 Å². The Morgan fingerprint density at radius 3 is 2.78 bits per heavy atom. The van der Waals surface area contributed by atoms with Crippen LogP contribution in [0.4, 0.5) is 0 Å². The van der Waals surface area contributed by atoms with E-state index in [4.69, 9.17) is 9.84 Å². The molecule has 0 spiro atoms. The van der Waals surface area contributed by atoms with Gasteiger partial charge in [-0.2, -0.15) is 0 Å². The van der Waals surface area contributed by atoms with E-state index in [-0.39, 0.29) is 30.5 Å². The number of aromatic carboxylic acids is 1. The molecule has 1 amide bonds. The van der Waals surface area contributed by atoms with Crippen LogP contribution in [0.5, 0.6) is 5.75 Å². The van der Waals surface area contributed by atoms with Gasteiger partial charge in [0.05, 0.1) is 24.8 Å². The van der Waals surface area contributed by atoms with E-state index in [1.54, 1.807) is 0 Å². The number of aromatic nitrogens is 1. The second-order valence-corrected chi connectivity index (χ2v) is 4.04. The standard InChI is InChI=1S/C12H16N2O4/c1-8(2)14-11(15)3-4-18-10-5-9(12(16)17)6-13-7-10/h5-8H,3-4H2,1-2H3,(H,14,15)(H,16,17). The minimum absolute atomic E-state index is 0.0548. The van der Waals surface area contributed by atoms with E-state index in [0.29, 0.717) is 5.75 Å². The highest BCUT2D eigenvalue weighted by Crippen LogP contribution is 2.11. The van der Waals surface area contributed by atoms with Crippen molar-refractivity contribution in [3.05, 3.63) is 24.0 Å². The third-order valence-electron chi connectivity index (χ3n) is 2.01. The van der Waals surface area contributed by atoms with Gasteiger partial charge in [0.1, 0.15) is 5.75 Å². The first-order valence-electron chi connectivity index (χ1n) is 5.59. The van der Waals surface area contributed by atoms with Crippen LogP contribution >= 0.6 is 0 Å². The number of carbonyl (C=O) groups is 2. The molecular formula is C12H16N2O4. The quantitative estimate of drug-likeness (QED) is 0.790. The summed E-state index contributed by atoms with van der Waals surface area (Å²) in [5, 5.41) is 11.5. The zero-order valence-corrected chi connectivity index (χ0v) is 10.3. The Kier molecular flexibility index (Phi) is 5.10. The van der Waals surface area contributed by atoms with Gasteiger partial charge in [0, 0.05) is 12.2 Å². The molecule has 1 aromatic rings. The lowest BCUT2D eigenvalue weighted by molar-refractivity contribution is -0.122. The molecule has 0 unspecified atom stereocenters. The van der Waals surface area contributed by atoms with Crippen molar-refractivity contribution in [3.8, 4) is 5.75 Å². The minimum atomic E-state index is -1.06. The maximum Gasteiger partial charge on any atom is 0.337 e. The molecule has 0 bridgehead atoms. The predicted molar refractivity (Wildman–Crippen MR) is 64.6 cm³/mol. The molecule has 6 heteroatoms. The van der Waals surface area contributed by atoms with Crippen LogP contribution in [0.15, 0.2) is 18.5 Å². The van der Waals surface area contributed by atoms with Crippen LogP contribution in [0.1, 0.15) is 30.6 Å². The molecule has 0 radical (unpaired) electrons. The Bertz CT molecular complexity index is 432. The van der Waals surface area contributed by atoms with Crippen molar-refractivity contribution in [1.82, 2.24) is 10.3 Å². The fourth-order valence-electron chi connectivity index (χ4n) is 1.27. The Morgan fingerprint density at radius 2 is 2.17 bits per heavy atom. The summed E-state index contributed by atoms with van der Waals surface area (Å²) < 4.78 is 5.26. The van der Waals surface area contributed by atoms with Gasteiger partial charge in [-0.15, -0.1) is 0 Å². The summed E-state index contributed by atoms with van der Waals surface area (Å²) in [7, 11) is 0. The molecule has 0 aliphatic heterocycles. The van der Waals surface area contributed by atoms with Gasteiger partial charge < -0.3 is 15.2 Å². The van der Waals surface area contributed by atoms with E-state index in [2.05, 4.69) is 10.3 Å². The van der Waals surface area contributed by atoms with Crippen molar-refractivity contribution >= 4 is 11.9 Å². The Balaban J connectivity index is 2.42. The van der Waals surface area contributed by atoms with E-state index < -0.39 is 5.97 Å². The second kappa shape index (κ2) is 6.58. The maximum absolute atomic E-state index is 11.3. The second-order valence-electron chi connectivity index (χ2n) is 4.04. The highest BCUT2D eigenvalue weighted by atomic mass is 16.5. The summed E-state index contributed by atoms with van der Waals surface area (Å²) in [5.41, 5.74) is 0.0548. The molecular weight excluding hydrogens is 236 g/mol. The van der Waals surface area contributed by atoms with Crippen LogP contribution in [0.25, 0.3) is 0 Å². The van der Waals surface area contributed by atoms with Crippen LogP contribution in [-0.2, 0) is 4.79 Å². The van der Waals surface area contributed by atoms with Gasteiger partial charge in [0.15, 0.2) is 0 Å². The number of amides is 1. The number of ether oxygens (including phenoxy) is 1. The highest BCUT2D eigenvalue weighted by Gasteiger charge is 2.06. The molecule has 98 valence electrons. The first-order chi connectivity index (χ1) is 8.49. The molecule has 0 atom stereocenters. The topological polar surface area (TPSA) is 88.5 Å². The summed E-state index contributed by atoms with van der Waals surface area (Å²) in [5.74, 6) is -0.829. The first-order valence-corrected chi connectivity index (χ1v) is 5.59. The maximum atomic E-state index is 11.3. The normalized spacial score (nSPS) is 10.2. The lowest BCUT2D eigenvalue weighted by atomic mass is 10.3. The first kappa shape index (κ1) is 14.0. The SMILES string of the molecule is CC(C)NC(=O)CCOc1cncc(C(=O)O)c1. The molecule has 0 aromatic carbocycles. The van der Waals surface area contributed by atoms with Gasteiger partial charge in [-0.25, -0.2) is 4.79 Å². The lowest BCUT2D eigenvalue weighted by Gasteiger charge is -2.09. The number of carboxylic acids is 1. The number of carbonyl (C=O) groups excluding carboxylic acids is 1. The van der Waals surface area contributed by atoms with Crippen LogP contribution in [0.3, 0.4) is 0 Å². The van der Waals surface area contributed by atoms with Gasteiger partial charge in [-0.05, 0) is 19.9 Å². The fourth-order valence-corrected chi connectivity index (χ4v) is 1.27. The third-order valence-corrected chi connectivity index (χ3v) is 2.01. The number of pyridine rings is 1. The van der Waals surface area contributed by atoms with Crippen LogP contribution in [-0.4, -0.2) is 34.6 Å². The zero-order valence-electron chi connectivity index (χ0n) is 10.3. The summed E-state index contributed by atoms with van der Waals surface area (Å²) in [6, 6.07) is 1.46. The summed E-state index contributed by atoms with van der Waals surface area (Å²) in [4.78, 5) is 25.8. The van der Waals surface area contributed by atoms with Crippen LogP contribution in [0.2, 0.25) is 0 Å². The molecule has 0 saturated heterocycles. The van der Waals surface area contributed by atoms with Crippen molar-refractivity contribution < 1.29 is 19.4 Å². The van der Waals surface area contributed by atoms with Gasteiger partial charge in [0.25, 0.3) is 0 Å². The van der Waals surface area contributed by atoms with E-state index in [0.717, 1.165) is 0 Å². The predicted octanol–water partition coefficient (Wildman–Crippen LogP) is 1.07. The van der Waals surface area contributed by atoms with Crippen molar-refractivity contribution in [2.75, 3.05) is 6.61 Å². The van der Waals surface area contributed by atoms with Crippen molar-refractivity contribution in [3.63, 3.8) is 0 Å². The van der Waals surface area contributed by atoms with Crippen LogP contribution < -0.4 is 10.1 Å². The minimum Gasteiger partial charge on any atom is -0.491 e. The van der Waals surface area contributed by atoms with E-state index in [1.165, 1.54) is 18.5 Å². The molecule has 0 saturated carbocycles. The Morgan fingerprint density at radius 1 is 1.44 bits per heavy atom. The number of hydrogen-bond acceptors (Lipinski definition) is 4. The highest BCUT2D eigenvalue weighted by molar-refractivity contribution is 5.87. The molecule has 1 aromatic heterocycles. The summed E-state index contributed by atoms with van der Waals surface area (Å²) >= 11 is 0. The molecule has 18 heavy (non-hydrogen) atoms. The van der Waals surface area contributed by atoms with Gasteiger partial charge in [-0.3, -0.25) is 9.78 Å². The van der Waals surface area contributed by atoms with Gasteiger partial charge in [0.2, 0.25) is 5.91 Å².